The van der Waals surface area contributed by atoms with E-state index in [9.17, 15) is 30.6 Å². The maximum Gasteiger partial charge on any atom is 0.0701 e. The molecule has 130 heavy (non-hydrogen) atoms. The third-order valence-electron chi connectivity index (χ3n) is 21.3. The first kappa shape index (κ1) is 128. The zero-order valence-corrected chi connectivity index (χ0v) is 80.6. The Hall–Kier alpha value is -1.60. The topological polar surface area (TPSA) is 479 Å². The molecule has 0 aliphatic rings. The molecule has 0 aromatic heterocycles. The first-order valence-electron chi connectivity index (χ1n) is 47.2. The van der Waals surface area contributed by atoms with Crippen molar-refractivity contribution in [2.45, 2.75) is 80.1 Å². The number of rotatable bonds is 113. The van der Waals surface area contributed by atoms with Crippen LogP contribution in [0.1, 0.15) is 80.1 Å². The fourth-order valence-electron chi connectivity index (χ4n) is 12.2. The highest BCUT2D eigenvalue weighted by molar-refractivity contribution is 4.85. The van der Waals surface area contributed by atoms with E-state index >= 15 is 0 Å². The van der Waals surface area contributed by atoms with Gasteiger partial charge in [-0.05, 0) is 38.5 Å². The van der Waals surface area contributed by atoms with Crippen molar-refractivity contribution in [2.75, 3.05) is 462 Å². The van der Waals surface area contributed by atoms with Crippen molar-refractivity contribution in [3.05, 3.63) is 0 Å². The summed E-state index contributed by atoms with van der Waals surface area (Å²) < 4.78 is 181. The zero-order valence-electron chi connectivity index (χ0n) is 80.6. The van der Waals surface area contributed by atoms with Crippen molar-refractivity contribution in [1.29, 1.82) is 0 Å². The van der Waals surface area contributed by atoms with E-state index in [1.807, 2.05) is 13.8 Å². The Bertz CT molecular complexity index is 2200. The second kappa shape index (κ2) is 95.0. The van der Waals surface area contributed by atoms with Gasteiger partial charge in [-0.15, -0.1) is 0 Å². The summed E-state index contributed by atoms with van der Waals surface area (Å²) in [6.45, 7) is 26.1. The molecule has 0 aromatic rings. The molecule has 0 saturated carbocycles. The number of hydrogen-bond donors (Lipinski definition) is 10. The second-order valence-corrected chi connectivity index (χ2v) is 32.2. The molecule has 0 radical (unpaired) electrons. The number of aliphatic hydroxyl groups excluding tert-OH is 10. The molecule has 0 aliphatic carbocycles. The minimum atomic E-state index is -0.825. The van der Waals surface area contributed by atoms with E-state index in [-0.39, 0.29) is 317 Å². The molecule has 10 N–H and O–H groups in total. The van der Waals surface area contributed by atoms with Gasteiger partial charge in [-0.25, -0.2) is 0 Å². The predicted molar refractivity (Wildman–Crippen MR) is 479 cm³/mol. The lowest BCUT2D eigenvalue weighted by Gasteiger charge is -2.37. The highest BCUT2D eigenvalue weighted by Gasteiger charge is 2.39. The second-order valence-electron chi connectivity index (χ2n) is 32.2. The maximum absolute atomic E-state index is 11.1. The normalized spacial score (nSPS) is 14.7. The summed E-state index contributed by atoms with van der Waals surface area (Å²) in [5.41, 5.74) is -4.22. The lowest BCUT2D eigenvalue weighted by molar-refractivity contribution is -0.131. The number of ether oxygens (including phenoxy) is 30. The third-order valence-corrected chi connectivity index (χ3v) is 21.3. The minimum absolute atomic E-state index is 0.0754. The molecule has 782 valence electrons. The lowest BCUT2D eigenvalue weighted by atomic mass is 9.86. The molecule has 0 fully saturated rings. The molecule has 40 nitrogen and oxygen atoms in total. The Kier molecular flexibility index (Phi) is 93.8. The fourth-order valence-corrected chi connectivity index (χ4v) is 12.2. The van der Waals surface area contributed by atoms with Crippen molar-refractivity contribution in [3.63, 3.8) is 0 Å². The molecule has 40 heteroatoms. The van der Waals surface area contributed by atoms with E-state index < -0.39 is 44.3 Å². The maximum atomic E-state index is 11.1. The highest BCUT2D eigenvalue weighted by Crippen LogP contribution is 2.33. The third kappa shape index (κ3) is 72.7. The Labute approximate surface area is 777 Å². The van der Waals surface area contributed by atoms with Crippen LogP contribution in [-0.4, -0.2) is 514 Å². The summed E-state index contributed by atoms with van der Waals surface area (Å²) in [6, 6.07) is 0. The van der Waals surface area contributed by atoms with E-state index in [0.29, 0.717) is 184 Å². The van der Waals surface area contributed by atoms with Crippen LogP contribution in [0.4, 0.5) is 0 Å². The molecule has 6 atom stereocenters. The highest BCUT2D eigenvalue weighted by atomic mass is 16.6. The Balaban J connectivity index is 7.92. The van der Waals surface area contributed by atoms with Crippen molar-refractivity contribution in [2.24, 2.45) is 44.3 Å². The monoisotopic (exact) mass is 1900 g/mol. The average Bonchev–Trinajstić information content (AvgIpc) is 0.876. The van der Waals surface area contributed by atoms with Gasteiger partial charge in [0.05, 0.1) is 462 Å². The van der Waals surface area contributed by atoms with E-state index in [1.165, 1.54) is 0 Å². The number of hydrogen-bond acceptors (Lipinski definition) is 40. The van der Waals surface area contributed by atoms with Crippen LogP contribution in [0.25, 0.3) is 0 Å². The van der Waals surface area contributed by atoms with E-state index in [0.717, 1.165) is 0 Å². The van der Waals surface area contributed by atoms with Crippen molar-refractivity contribution in [3.8, 4) is 0 Å². The minimum Gasteiger partial charge on any atom is -0.396 e. The molecular formula is C90H182O40. The largest absolute Gasteiger partial charge is 0.396 e. The first-order valence-corrected chi connectivity index (χ1v) is 47.2. The molecule has 0 bridgehead atoms. The summed E-state index contributed by atoms with van der Waals surface area (Å²) in [6.07, 6.45) is 3.42. The van der Waals surface area contributed by atoms with E-state index in [2.05, 4.69) is 27.7 Å². The summed E-state index contributed by atoms with van der Waals surface area (Å²) >= 11 is 0. The van der Waals surface area contributed by atoms with Gasteiger partial charge >= 0.3 is 0 Å². The molecule has 0 aromatic carbocycles. The van der Waals surface area contributed by atoms with Crippen LogP contribution in [0.15, 0.2) is 0 Å². The molecule has 6 unspecified atom stereocenters. The molecular weight excluding hydrogens is 1720 g/mol. The molecule has 0 heterocycles. The van der Waals surface area contributed by atoms with Gasteiger partial charge in [0.25, 0.3) is 0 Å². The van der Waals surface area contributed by atoms with E-state index in [1.54, 1.807) is 0 Å². The quantitative estimate of drug-likeness (QED) is 0.0380. The summed E-state index contributed by atoms with van der Waals surface area (Å²) in [5.74, 6) is -0.889. The fraction of sp³-hybridized carbons (Fsp3) is 1.00. The summed E-state index contributed by atoms with van der Waals surface area (Å²) in [7, 11) is 0. The van der Waals surface area contributed by atoms with Crippen LogP contribution in [0, 0.1) is 44.3 Å². The SMILES string of the molecule is CCC(CO)(COCCOCCOCCO)COCC(CC)(COCCOCCOCCO)COCC(COCC(CC)(COCCOCCOCCO)COCCOCCOCCO)COCC(CC)(COCC(CO)COCC(CC)(COCCOCCOCCO)COCCOCCOCCO)COCC(CC)(COCCOCCO)COCCOCCOCCO. The first-order chi connectivity index (χ1) is 63.7. The van der Waals surface area contributed by atoms with Crippen molar-refractivity contribution >= 4 is 0 Å². The summed E-state index contributed by atoms with van der Waals surface area (Å²) in [4.78, 5) is 0. The van der Waals surface area contributed by atoms with E-state index in [4.69, 9.17) is 163 Å². The van der Waals surface area contributed by atoms with Gasteiger partial charge in [0.15, 0.2) is 0 Å². The smallest absolute Gasteiger partial charge is 0.0701 e. The molecule has 0 saturated heterocycles. The van der Waals surface area contributed by atoms with Crippen molar-refractivity contribution in [1.82, 2.24) is 0 Å². The van der Waals surface area contributed by atoms with Gasteiger partial charge in [0, 0.05) is 44.3 Å². The van der Waals surface area contributed by atoms with Crippen LogP contribution in [0.5, 0.6) is 0 Å². The van der Waals surface area contributed by atoms with Gasteiger partial charge in [0.1, 0.15) is 0 Å². The van der Waals surface area contributed by atoms with Gasteiger partial charge in [-0.3, -0.25) is 0 Å². The van der Waals surface area contributed by atoms with Crippen LogP contribution < -0.4 is 0 Å². The van der Waals surface area contributed by atoms with Gasteiger partial charge in [0.2, 0.25) is 0 Å². The van der Waals surface area contributed by atoms with Crippen LogP contribution in [0.2, 0.25) is 0 Å². The molecule has 0 rings (SSSR count). The number of aliphatic hydroxyl groups is 10. The van der Waals surface area contributed by atoms with Crippen LogP contribution >= 0.6 is 0 Å². The van der Waals surface area contributed by atoms with Crippen molar-refractivity contribution < 1.29 is 193 Å². The van der Waals surface area contributed by atoms with Crippen LogP contribution in [-0.2, 0) is 142 Å². The molecule has 0 aliphatic heterocycles. The summed E-state index contributed by atoms with van der Waals surface area (Å²) in [5, 5.41) is 95.5. The predicted octanol–water partition coefficient (Wildman–Crippen LogP) is 1.02. The molecule has 0 spiro atoms. The lowest BCUT2D eigenvalue weighted by Crippen LogP contribution is -2.43. The van der Waals surface area contributed by atoms with Crippen LogP contribution in [0.3, 0.4) is 0 Å². The van der Waals surface area contributed by atoms with Gasteiger partial charge in [-0.2, -0.15) is 0 Å². The van der Waals surface area contributed by atoms with Gasteiger partial charge in [-0.1, -0.05) is 41.5 Å². The zero-order chi connectivity index (χ0) is 95.1. The average molecular weight is 1900 g/mol. The molecule has 0 amide bonds. The standard InChI is InChI=1S/C90H182O40/c1-7-85(65-100,66-116-52-44-109-36-29-101-21-13-91)67-129-81-89(11-5,74-123-58-50-115-42-35-107-27-19-97)77-127-63-84(62-126-76-87(9-3,70-120-55-47-112-39-32-104-24-16-94)71-121-56-48-113-40-33-105-25-17-95)64-128-79-90(12-6,82-130-80-88(10-4,72-117-51-43-108-28-20-98)73-122-57-49-114-41-34-106-26-18-96)78-125-61-83(59-99)60-124-75-86(8-2,68-118-53-45-110-37-30-102-22-14-92)69-119-54-46-111-38-31-103-23-15-93/h83-84,91-100H,7-82H2,1-6H3. The Morgan fingerprint density at radius 1 is 0.138 bits per heavy atom. The van der Waals surface area contributed by atoms with Gasteiger partial charge < -0.3 is 193 Å². The Morgan fingerprint density at radius 3 is 0.408 bits per heavy atom. The Morgan fingerprint density at radius 2 is 0.262 bits per heavy atom.